The van der Waals surface area contributed by atoms with Crippen molar-refractivity contribution in [1.82, 2.24) is 0 Å². The van der Waals surface area contributed by atoms with Gasteiger partial charge in [-0.05, 0) is 32.1 Å². The lowest BCUT2D eigenvalue weighted by molar-refractivity contribution is -0.151. The van der Waals surface area contributed by atoms with Crippen LogP contribution in [0.15, 0.2) is 24.0 Å². The van der Waals surface area contributed by atoms with Crippen LogP contribution in [0.1, 0.15) is 77.6 Å². The summed E-state index contributed by atoms with van der Waals surface area (Å²) in [4.78, 5) is 23.9. The van der Waals surface area contributed by atoms with Crippen LogP contribution in [0.25, 0.3) is 0 Å². The lowest BCUT2D eigenvalue weighted by atomic mass is 9.96. The third-order valence-electron chi connectivity index (χ3n) is 4.13. The summed E-state index contributed by atoms with van der Waals surface area (Å²) in [5.74, 6) is -1.05. The maximum Gasteiger partial charge on any atom is 0.345 e. The highest BCUT2D eigenvalue weighted by molar-refractivity contribution is 6.19. The molecule has 0 aliphatic carbocycles. The Hall–Kier alpha value is -1.58. The van der Waals surface area contributed by atoms with Crippen LogP contribution in [0.4, 0.5) is 0 Å². The summed E-state index contributed by atoms with van der Waals surface area (Å²) >= 11 is 0. The first-order valence-electron chi connectivity index (χ1n) is 8.87. The molecule has 4 heteroatoms. The average molecular weight is 322 g/mol. The average Bonchev–Trinajstić information content (AvgIpc) is 2.49. The van der Waals surface area contributed by atoms with Gasteiger partial charge in [-0.2, -0.15) is 0 Å². The number of aliphatic hydroxyl groups is 1. The molecule has 0 bridgehead atoms. The second-order valence-corrected chi connectivity index (χ2v) is 6.21. The molecule has 1 rings (SSSR count). The van der Waals surface area contributed by atoms with Gasteiger partial charge in [0.15, 0.2) is 5.78 Å². The molecule has 0 radical (unpaired) electrons. The molecule has 0 aromatic heterocycles. The van der Waals surface area contributed by atoms with Crippen LogP contribution >= 0.6 is 0 Å². The second kappa shape index (κ2) is 11.0. The van der Waals surface area contributed by atoms with E-state index >= 15 is 0 Å². The van der Waals surface area contributed by atoms with Crippen LogP contribution in [-0.2, 0) is 14.3 Å². The van der Waals surface area contributed by atoms with Crippen molar-refractivity contribution in [2.45, 2.75) is 83.7 Å². The highest BCUT2D eigenvalue weighted by Crippen LogP contribution is 2.24. The van der Waals surface area contributed by atoms with E-state index in [1.807, 2.05) is 13.0 Å². The zero-order chi connectivity index (χ0) is 17.1. The maximum atomic E-state index is 12.0. The van der Waals surface area contributed by atoms with Gasteiger partial charge in [0, 0.05) is 12.8 Å². The normalized spacial score (nSPS) is 20.3. The van der Waals surface area contributed by atoms with E-state index in [0.29, 0.717) is 12.8 Å². The number of carbonyl (C=O) groups excluding carboxylic acids is 2. The first-order valence-corrected chi connectivity index (χ1v) is 8.87. The fraction of sp³-hybridized carbons (Fsp3) is 0.684. The molecular formula is C19H30O4. The predicted molar refractivity (Wildman–Crippen MR) is 91.2 cm³/mol. The molecular weight excluding hydrogens is 292 g/mol. The van der Waals surface area contributed by atoms with E-state index in [9.17, 15) is 14.7 Å². The summed E-state index contributed by atoms with van der Waals surface area (Å²) in [6, 6.07) is 0. The maximum absolute atomic E-state index is 12.0. The number of Topliss-reactive ketones (excluding diaryl/α,β-unsaturated/α-hetero) is 1. The summed E-state index contributed by atoms with van der Waals surface area (Å²) in [7, 11) is 0. The number of carbonyl (C=O) groups is 2. The minimum Gasteiger partial charge on any atom is -0.511 e. The second-order valence-electron chi connectivity index (χ2n) is 6.21. The van der Waals surface area contributed by atoms with Crippen LogP contribution in [0.3, 0.4) is 0 Å². The van der Waals surface area contributed by atoms with Gasteiger partial charge in [0.25, 0.3) is 0 Å². The van der Waals surface area contributed by atoms with Gasteiger partial charge < -0.3 is 9.84 Å². The SMILES string of the molecule is C=CCCCCCCCC[C@H]1CC(=O)/C(=C(\O)CCC)C(=O)O1. The molecule has 1 fully saturated rings. The summed E-state index contributed by atoms with van der Waals surface area (Å²) < 4.78 is 5.31. The zero-order valence-corrected chi connectivity index (χ0v) is 14.3. The van der Waals surface area contributed by atoms with Crippen LogP contribution in [0, 0.1) is 0 Å². The molecule has 130 valence electrons. The quantitative estimate of drug-likeness (QED) is 0.148. The van der Waals surface area contributed by atoms with Crippen LogP contribution in [-0.4, -0.2) is 23.0 Å². The molecule has 0 unspecified atom stereocenters. The van der Waals surface area contributed by atoms with Gasteiger partial charge >= 0.3 is 5.97 Å². The van der Waals surface area contributed by atoms with Crippen molar-refractivity contribution in [1.29, 1.82) is 0 Å². The van der Waals surface area contributed by atoms with Crippen LogP contribution < -0.4 is 0 Å². The lowest BCUT2D eigenvalue weighted by Crippen LogP contribution is -2.33. The molecule has 1 heterocycles. The van der Waals surface area contributed by atoms with Gasteiger partial charge in [0.1, 0.15) is 17.4 Å². The van der Waals surface area contributed by atoms with Gasteiger partial charge in [-0.15, -0.1) is 6.58 Å². The van der Waals surface area contributed by atoms with Gasteiger partial charge in [0.05, 0.1) is 0 Å². The molecule has 0 saturated carbocycles. The highest BCUT2D eigenvalue weighted by atomic mass is 16.5. The first kappa shape index (κ1) is 19.5. The molecule has 0 aromatic carbocycles. The number of unbranched alkanes of at least 4 members (excludes halogenated alkanes) is 6. The minimum atomic E-state index is -0.651. The van der Waals surface area contributed by atoms with E-state index in [1.165, 1.54) is 25.7 Å². The predicted octanol–water partition coefficient (Wildman–Crippen LogP) is 4.79. The number of hydrogen-bond acceptors (Lipinski definition) is 4. The summed E-state index contributed by atoms with van der Waals surface area (Å²) in [5.41, 5.74) is -0.134. The number of hydrogen-bond donors (Lipinski definition) is 1. The zero-order valence-electron chi connectivity index (χ0n) is 14.3. The van der Waals surface area contributed by atoms with Crippen molar-refractivity contribution in [2.24, 2.45) is 0 Å². The molecule has 0 spiro atoms. The molecule has 1 saturated heterocycles. The minimum absolute atomic E-state index is 0.125. The number of ether oxygens (including phenoxy) is 1. The topological polar surface area (TPSA) is 63.6 Å². The largest absolute Gasteiger partial charge is 0.511 e. The van der Waals surface area contributed by atoms with E-state index in [0.717, 1.165) is 25.7 Å². The molecule has 1 aliphatic heterocycles. The Morgan fingerprint density at radius 2 is 1.87 bits per heavy atom. The molecule has 0 amide bonds. The summed E-state index contributed by atoms with van der Waals surface area (Å²) in [5, 5.41) is 9.79. The Balaban J connectivity index is 2.26. The van der Waals surface area contributed by atoms with E-state index in [1.54, 1.807) is 0 Å². The Bertz CT molecular complexity index is 417. The fourth-order valence-electron chi connectivity index (χ4n) is 2.84. The van der Waals surface area contributed by atoms with E-state index < -0.39 is 5.97 Å². The van der Waals surface area contributed by atoms with Crippen molar-refractivity contribution in [2.75, 3.05) is 0 Å². The van der Waals surface area contributed by atoms with Crippen molar-refractivity contribution in [3.8, 4) is 0 Å². The number of allylic oxidation sites excluding steroid dienone is 2. The Morgan fingerprint density at radius 1 is 1.22 bits per heavy atom. The van der Waals surface area contributed by atoms with E-state index in [4.69, 9.17) is 4.74 Å². The molecule has 1 N–H and O–H groups in total. The van der Waals surface area contributed by atoms with Crippen molar-refractivity contribution in [3.05, 3.63) is 24.0 Å². The first-order chi connectivity index (χ1) is 11.1. The highest BCUT2D eigenvalue weighted by Gasteiger charge is 2.34. The molecule has 4 nitrogen and oxygen atoms in total. The fourth-order valence-corrected chi connectivity index (χ4v) is 2.84. The summed E-state index contributed by atoms with van der Waals surface area (Å²) in [6.45, 7) is 5.60. The third kappa shape index (κ3) is 7.02. The molecule has 1 atom stereocenters. The van der Waals surface area contributed by atoms with E-state index in [-0.39, 0.29) is 29.6 Å². The Morgan fingerprint density at radius 3 is 2.48 bits per heavy atom. The van der Waals surface area contributed by atoms with Crippen molar-refractivity contribution < 1.29 is 19.4 Å². The Labute approximate surface area is 139 Å². The summed E-state index contributed by atoms with van der Waals surface area (Å²) in [6.07, 6.45) is 11.6. The molecule has 0 aromatic rings. The lowest BCUT2D eigenvalue weighted by Gasteiger charge is -2.23. The van der Waals surface area contributed by atoms with Gasteiger partial charge in [-0.25, -0.2) is 4.79 Å². The molecule has 1 aliphatic rings. The third-order valence-corrected chi connectivity index (χ3v) is 4.13. The number of ketones is 1. The van der Waals surface area contributed by atoms with Gasteiger partial charge in [0.2, 0.25) is 0 Å². The standard InChI is InChI=1S/C19H30O4/c1-3-5-6-7-8-9-10-11-13-15-14-17(21)18(19(22)23-15)16(20)12-4-2/h3,15,20H,1,4-14H2,2H3/b18-16+/t15-/m0/s1. The smallest absolute Gasteiger partial charge is 0.345 e. The van der Waals surface area contributed by atoms with Crippen molar-refractivity contribution >= 4 is 11.8 Å². The number of rotatable bonds is 11. The molecule has 23 heavy (non-hydrogen) atoms. The van der Waals surface area contributed by atoms with Crippen molar-refractivity contribution in [3.63, 3.8) is 0 Å². The van der Waals surface area contributed by atoms with Crippen LogP contribution in [0.5, 0.6) is 0 Å². The number of esters is 1. The monoisotopic (exact) mass is 322 g/mol. The van der Waals surface area contributed by atoms with Crippen LogP contribution in [0.2, 0.25) is 0 Å². The van der Waals surface area contributed by atoms with Gasteiger partial charge in [-0.1, -0.05) is 38.7 Å². The van der Waals surface area contributed by atoms with Gasteiger partial charge in [-0.3, -0.25) is 4.79 Å². The number of aliphatic hydroxyl groups excluding tert-OH is 1. The Kier molecular flexibility index (Phi) is 9.34. The number of cyclic esters (lactones) is 1. The van der Waals surface area contributed by atoms with E-state index in [2.05, 4.69) is 6.58 Å².